The zero-order chi connectivity index (χ0) is 46.8. The molecule has 9 amide bonds. The lowest BCUT2D eigenvalue weighted by molar-refractivity contribution is 0.0176. The van der Waals surface area contributed by atoms with Gasteiger partial charge in [-0.25, -0.2) is 28.8 Å². The Bertz CT molecular complexity index is 2550. The summed E-state index contributed by atoms with van der Waals surface area (Å²) in [7, 11) is 0. The van der Waals surface area contributed by atoms with Crippen LogP contribution in [0.5, 0.6) is 0 Å². The summed E-state index contributed by atoms with van der Waals surface area (Å²) in [6, 6.07) is 39.5. The molecule has 0 radical (unpaired) electrons. The van der Waals surface area contributed by atoms with E-state index in [0.29, 0.717) is 50.8 Å². The number of carbonyl (C=O) groups excluding carboxylic acids is 6. The summed E-state index contributed by atoms with van der Waals surface area (Å²) in [4.78, 5) is 77.4. The molecular weight excluding hydrogens is 847 g/mol. The van der Waals surface area contributed by atoms with Gasteiger partial charge in [-0.15, -0.1) is 0 Å². The van der Waals surface area contributed by atoms with Gasteiger partial charge in [-0.1, -0.05) is 72.8 Å². The fourth-order valence-electron chi connectivity index (χ4n) is 5.98. The molecule has 0 atom stereocenters. The summed E-state index contributed by atoms with van der Waals surface area (Å²) in [6.07, 6.45) is -4.23. The number of hydrogen-bond acceptors (Lipinski definition) is 9. The second-order valence-corrected chi connectivity index (χ2v) is 14.5. The maximum absolute atomic E-state index is 13.3. The highest BCUT2D eigenvalue weighted by Gasteiger charge is 2.21. The third-order valence-electron chi connectivity index (χ3n) is 9.37. The van der Waals surface area contributed by atoms with E-state index >= 15 is 0 Å². The minimum atomic E-state index is -1.34. The molecule has 0 heterocycles. The second-order valence-electron chi connectivity index (χ2n) is 14.5. The lowest BCUT2D eigenvalue weighted by Gasteiger charge is -2.19. The summed E-state index contributed by atoms with van der Waals surface area (Å²) in [5, 5.41) is 24.2. The molecular formula is C48H47N9O9. The first kappa shape index (κ1) is 46.4. The monoisotopic (exact) mass is 893 g/mol. The highest BCUT2D eigenvalue weighted by molar-refractivity contribution is 6.02. The lowest BCUT2D eigenvalue weighted by Crippen LogP contribution is -2.34. The predicted molar refractivity (Wildman–Crippen MR) is 255 cm³/mol. The van der Waals surface area contributed by atoms with Gasteiger partial charge in [0.05, 0.1) is 0 Å². The van der Waals surface area contributed by atoms with Gasteiger partial charge in [0.1, 0.15) is 13.2 Å². The predicted octanol–water partition coefficient (Wildman–Crippen LogP) is 11.0. The van der Waals surface area contributed by atoms with Crippen molar-refractivity contribution in [1.82, 2.24) is 0 Å². The van der Waals surface area contributed by atoms with E-state index in [2.05, 4.69) is 47.9 Å². The number of carbonyl (C=O) groups is 6. The van der Waals surface area contributed by atoms with E-state index in [1.54, 1.807) is 130 Å². The molecule has 6 aromatic rings. The lowest BCUT2D eigenvalue weighted by atomic mass is 10.2. The van der Waals surface area contributed by atoms with E-state index in [1.807, 2.05) is 18.2 Å². The number of benzene rings is 6. The smallest absolute Gasteiger partial charge is 0.412 e. The number of aryl methyl sites for hydroxylation is 3. The Morgan fingerprint density at radius 3 is 0.985 bits per heavy atom. The summed E-state index contributed by atoms with van der Waals surface area (Å²) in [6.45, 7) is 4.19. The summed E-state index contributed by atoms with van der Waals surface area (Å²) in [5.74, 6) is 0. The quantitative estimate of drug-likeness (QED) is 0.0472. The van der Waals surface area contributed by atoms with Crippen LogP contribution in [-0.2, 0) is 14.2 Å². The van der Waals surface area contributed by atoms with Gasteiger partial charge in [0.2, 0.25) is 0 Å². The van der Waals surface area contributed by atoms with Crippen molar-refractivity contribution in [3.63, 3.8) is 0 Å². The molecule has 0 saturated heterocycles. The van der Waals surface area contributed by atoms with Gasteiger partial charge in [-0.3, -0.25) is 16.0 Å². The molecule has 0 aromatic heterocycles. The molecule has 9 N–H and O–H groups in total. The van der Waals surface area contributed by atoms with Crippen molar-refractivity contribution in [1.29, 1.82) is 0 Å². The molecule has 6 aromatic carbocycles. The molecule has 0 aliphatic rings. The first-order valence-corrected chi connectivity index (χ1v) is 20.4. The van der Waals surface area contributed by atoms with Crippen LogP contribution in [0.25, 0.3) is 0 Å². The number of amides is 9. The van der Waals surface area contributed by atoms with Crippen LogP contribution in [0.4, 0.5) is 80.0 Å². The molecule has 66 heavy (non-hydrogen) atoms. The fourth-order valence-corrected chi connectivity index (χ4v) is 5.98. The second kappa shape index (κ2) is 22.9. The van der Waals surface area contributed by atoms with Crippen LogP contribution in [0, 0.1) is 20.8 Å². The average molecular weight is 894 g/mol. The van der Waals surface area contributed by atoms with Gasteiger partial charge in [-0.05, 0) is 110 Å². The SMILES string of the molecule is Cc1ccc(NC(=O)OCC(COC(=O)Nc2ccc(C)c(NC(=O)Nc3ccccc3)c2)OC(=O)Nc2ccc(C)c(NC(=O)Nc3ccccc3)c2)cc1NC(=O)Nc1ccccc1. The zero-order valence-corrected chi connectivity index (χ0v) is 36.0. The summed E-state index contributed by atoms with van der Waals surface area (Å²) in [5.41, 5.74) is 5.91. The van der Waals surface area contributed by atoms with E-state index in [4.69, 9.17) is 14.2 Å². The number of rotatable bonds is 14. The fraction of sp³-hybridized carbons (Fsp3) is 0.125. The largest absolute Gasteiger partial charge is 0.445 e. The molecule has 338 valence electrons. The highest BCUT2D eigenvalue weighted by Crippen LogP contribution is 2.24. The molecule has 18 heteroatoms. The number of ether oxygens (including phenoxy) is 3. The Labute approximate surface area is 379 Å². The minimum Gasteiger partial charge on any atom is -0.445 e. The standard InChI is InChI=1S/C48H47N9O9/c1-30-19-22-36(25-40(30)55-43(58)49-33-13-7-4-8-14-33)52-46(61)64-28-39(66-48(63)54-38-24-21-32(3)42(27-38)57-45(60)51-35-17-11-6-12-18-35)29-65-47(62)53-37-23-20-31(2)41(26-37)56-44(59)50-34-15-9-5-10-16-34/h4-27,39H,28-29H2,1-3H3,(H,52,61)(H,53,62)(H,54,63)(H2,49,55,58)(H2,50,56,59)(H2,51,57,60). The first-order chi connectivity index (χ1) is 31.8. The van der Waals surface area contributed by atoms with Gasteiger partial charge < -0.3 is 46.1 Å². The van der Waals surface area contributed by atoms with E-state index in [0.717, 1.165) is 0 Å². The van der Waals surface area contributed by atoms with Crippen LogP contribution >= 0.6 is 0 Å². The van der Waals surface area contributed by atoms with Crippen LogP contribution < -0.4 is 47.9 Å². The van der Waals surface area contributed by atoms with Gasteiger partial charge in [0, 0.05) is 51.2 Å². The van der Waals surface area contributed by atoms with Crippen LogP contribution in [0.15, 0.2) is 146 Å². The average Bonchev–Trinajstić information content (AvgIpc) is 3.29. The number of nitrogens with one attached hydrogen (secondary N) is 9. The topological polar surface area (TPSA) is 238 Å². The molecule has 0 aliphatic heterocycles. The Morgan fingerprint density at radius 2 is 0.667 bits per heavy atom. The van der Waals surface area contributed by atoms with Crippen molar-refractivity contribution in [3.05, 3.63) is 162 Å². The maximum Gasteiger partial charge on any atom is 0.412 e. The molecule has 0 unspecified atom stereocenters. The number of urea groups is 3. The van der Waals surface area contributed by atoms with E-state index in [9.17, 15) is 28.8 Å². The van der Waals surface area contributed by atoms with Crippen molar-refractivity contribution < 1.29 is 43.0 Å². The van der Waals surface area contributed by atoms with Crippen molar-refractivity contribution in [2.24, 2.45) is 0 Å². The Balaban J connectivity index is 1.08. The number of hydrogen-bond donors (Lipinski definition) is 9. The van der Waals surface area contributed by atoms with Crippen molar-refractivity contribution in [3.8, 4) is 0 Å². The van der Waals surface area contributed by atoms with Crippen LogP contribution in [-0.4, -0.2) is 55.7 Å². The highest BCUT2D eigenvalue weighted by atomic mass is 16.6. The minimum absolute atomic E-state index is 0.249. The van der Waals surface area contributed by atoms with Crippen molar-refractivity contribution >= 4 is 87.6 Å². The molecule has 18 nitrogen and oxygen atoms in total. The Hall–Kier alpha value is -9.06. The normalized spacial score (nSPS) is 10.4. The number of anilines is 9. The molecule has 0 bridgehead atoms. The molecule has 6 rings (SSSR count). The van der Waals surface area contributed by atoms with Crippen molar-refractivity contribution in [2.45, 2.75) is 26.9 Å². The van der Waals surface area contributed by atoms with Crippen LogP contribution in [0.1, 0.15) is 16.7 Å². The zero-order valence-electron chi connectivity index (χ0n) is 36.0. The summed E-state index contributed by atoms with van der Waals surface area (Å²) >= 11 is 0. The Kier molecular flexibility index (Phi) is 16.1. The van der Waals surface area contributed by atoms with Crippen LogP contribution in [0.2, 0.25) is 0 Å². The molecule has 0 aliphatic carbocycles. The summed E-state index contributed by atoms with van der Waals surface area (Å²) < 4.78 is 16.4. The van der Waals surface area contributed by atoms with Gasteiger partial charge in [0.15, 0.2) is 6.10 Å². The third-order valence-corrected chi connectivity index (χ3v) is 9.37. The first-order valence-electron chi connectivity index (χ1n) is 20.4. The van der Waals surface area contributed by atoms with Gasteiger partial charge in [-0.2, -0.15) is 0 Å². The van der Waals surface area contributed by atoms with E-state index in [1.165, 1.54) is 18.2 Å². The number of para-hydroxylation sites is 3. The Morgan fingerprint density at radius 1 is 0.364 bits per heavy atom. The molecule has 0 saturated carbocycles. The molecule has 0 fully saturated rings. The maximum atomic E-state index is 13.3. The van der Waals surface area contributed by atoms with E-state index < -0.39 is 55.7 Å². The molecule has 0 spiro atoms. The van der Waals surface area contributed by atoms with Crippen molar-refractivity contribution in [2.75, 3.05) is 61.1 Å². The third kappa shape index (κ3) is 14.8. The van der Waals surface area contributed by atoms with Gasteiger partial charge in [0.25, 0.3) is 0 Å². The van der Waals surface area contributed by atoms with Crippen LogP contribution in [0.3, 0.4) is 0 Å². The van der Waals surface area contributed by atoms with Gasteiger partial charge >= 0.3 is 36.4 Å². The van der Waals surface area contributed by atoms with E-state index in [-0.39, 0.29) is 17.1 Å².